The van der Waals surface area contributed by atoms with E-state index in [0.29, 0.717) is 19.0 Å². The first-order valence-electron chi connectivity index (χ1n) is 6.16. The standard InChI is InChI=1S/C14H17N3O2/c1-3-17-10-12(5-7-14(17)18)15-8-11-4-6-13(19-2)16-9-11/h4-7,9-10,15H,3,8H2,1-2H3. The van der Waals surface area contributed by atoms with Gasteiger partial charge in [0.05, 0.1) is 12.8 Å². The van der Waals surface area contributed by atoms with Crippen molar-refractivity contribution in [3.05, 3.63) is 52.6 Å². The molecule has 0 radical (unpaired) electrons. The van der Waals surface area contributed by atoms with Gasteiger partial charge in [0.1, 0.15) is 0 Å². The molecule has 0 unspecified atom stereocenters. The zero-order valence-corrected chi connectivity index (χ0v) is 11.1. The zero-order valence-electron chi connectivity index (χ0n) is 11.1. The molecule has 0 bridgehead atoms. The molecule has 2 aromatic heterocycles. The lowest BCUT2D eigenvalue weighted by Crippen LogP contribution is -2.17. The third-order valence-electron chi connectivity index (χ3n) is 2.83. The number of nitrogens with one attached hydrogen (secondary N) is 1. The number of aromatic nitrogens is 2. The molecule has 0 saturated carbocycles. The van der Waals surface area contributed by atoms with Gasteiger partial charge in [0.2, 0.25) is 5.88 Å². The van der Waals surface area contributed by atoms with Gasteiger partial charge >= 0.3 is 0 Å². The number of rotatable bonds is 5. The maximum Gasteiger partial charge on any atom is 0.250 e. The normalized spacial score (nSPS) is 10.2. The largest absolute Gasteiger partial charge is 0.481 e. The summed E-state index contributed by atoms with van der Waals surface area (Å²) in [6, 6.07) is 7.13. The first-order chi connectivity index (χ1) is 9.22. The van der Waals surface area contributed by atoms with Crippen LogP contribution in [0.1, 0.15) is 12.5 Å². The second-order valence-electron chi connectivity index (χ2n) is 4.10. The maximum absolute atomic E-state index is 11.5. The van der Waals surface area contributed by atoms with Crippen LogP contribution in [0.2, 0.25) is 0 Å². The van der Waals surface area contributed by atoms with Crippen molar-refractivity contribution in [3.63, 3.8) is 0 Å². The zero-order chi connectivity index (χ0) is 13.7. The van der Waals surface area contributed by atoms with Gasteiger partial charge in [0.15, 0.2) is 0 Å². The molecule has 19 heavy (non-hydrogen) atoms. The van der Waals surface area contributed by atoms with Crippen LogP contribution >= 0.6 is 0 Å². The van der Waals surface area contributed by atoms with E-state index in [0.717, 1.165) is 11.3 Å². The monoisotopic (exact) mass is 259 g/mol. The summed E-state index contributed by atoms with van der Waals surface area (Å²) < 4.78 is 6.67. The molecule has 2 rings (SSSR count). The molecule has 2 heterocycles. The van der Waals surface area contributed by atoms with Crippen LogP contribution in [0.25, 0.3) is 0 Å². The number of ether oxygens (including phenoxy) is 1. The highest BCUT2D eigenvalue weighted by molar-refractivity contribution is 5.41. The van der Waals surface area contributed by atoms with Crippen LogP contribution in [0.4, 0.5) is 5.69 Å². The van der Waals surface area contributed by atoms with Crippen molar-refractivity contribution < 1.29 is 4.74 Å². The Labute approximate surface area is 111 Å². The Balaban J connectivity index is 2.03. The molecule has 2 aromatic rings. The average Bonchev–Trinajstić information content (AvgIpc) is 2.47. The van der Waals surface area contributed by atoms with Crippen molar-refractivity contribution in [1.82, 2.24) is 9.55 Å². The third kappa shape index (κ3) is 3.34. The van der Waals surface area contributed by atoms with E-state index in [1.807, 2.05) is 25.3 Å². The minimum Gasteiger partial charge on any atom is -0.481 e. The van der Waals surface area contributed by atoms with Crippen molar-refractivity contribution in [3.8, 4) is 5.88 Å². The fourth-order valence-corrected chi connectivity index (χ4v) is 1.72. The first kappa shape index (κ1) is 13.1. The van der Waals surface area contributed by atoms with Crippen LogP contribution in [-0.2, 0) is 13.1 Å². The number of nitrogens with zero attached hydrogens (tertiary/aromatic N) is 2. The summed E-state index contributed by atoms with van der Waals surface area (Å²) in [6.07, 6.45) is 3.58. The molecule has 0 atom stereocenters. The van der Waals surface area contributed by atoms with Crippen molar-refractivity contribution in [2.24, 2.45) is 0 Å². The molecule has 0 aromatic carbocycles. The Morgan fingerprint density at radius 1 is 1.32 bits per heavy atom. The number of pyridine rings is 2. The number of aryl methyl sites for hydroxylation is 1. The Kier molecular flexibility index (Phi) is 4.18. The molecule has 0 aliphatic heterocycles. The second-order valence-corrected chi connectivity index (χ2v) is 4.10. The summed E-state index contributed by atoms with van der Waals surface area (Å²) in [7, 11) is 1.59. The molecule has 0 amide bonds. The highest BCUT2D eigenvalue weighted by Crippen LogP contribution is 2.09. The maximum atomic E-state index is 11.5. The van der Waals surface area contributed by atoms with Crippen LogP contribution < -0.4 is 15.6 Å². The van der Waals surface area contributed by atoms with Crippen LogP contribution in [-0.4, -0.2) is 16.7 Å². The summed E-state index contributed by atoms with van der Waals surface area (Å²) >= 11 is 0. The summed E-state index contributed by atoms with van der Waals surface area (Å²) in [5.41, 5.74) is 1.98. The van der Waals surface area contributed by atoms with Gasteiger partial charge in [-0.05, 0) is 18.6 Å². The van der Waals surface area contributed by atoms with Gasteiger partial charge in [-0.1, -0.05) is 6.07 Å². The molecule has 5 nitrogen and oxygen atoms in total. The SMILES string of the molecule is CCn1cc(NCc2ccc(OC)nc2)ccc1=O. The van der Waals surface area contributed by atoms with Crippen LogP contribution in [0.5, 0.6) is 5.88 Å². The Hall–Kier alpha value is -2.30. The van der Waals surface area contributed by atoms with E-state index in [1.165, 1.54) is 0 Å². The lowest BCUT2D eigenvalue weighted by molar-refractivity contribution is 0.397. The van der Waals surface area contributed by atoms with Gasteiger partial charge < -0.3 is 14.6 Å². The summed E-state index contributed by atoms with van der Waals surface area (Å²) in [5.74, 6) is 0.600. The number of hydrogen-bond donors (Lipinski definition) is 1. The van der Waals surface area contributed by atoms with Crippen LogP contribution in [0.3, 0.4) is 0 Å². The highest BCUT2D eigenvalue weighted by atomic mass is 16.5. The van der Waals surface area contributed by atoms with Gasteiger partial charge in [0, 0.05) is 37.6 Å². The van der Waals surface area contributed by atoms with Crippen molar-refractivity contribution in [2.45, 2.75) is 20.0 Å². The molecule has 5 heteroatoms. The number of hydrogen-bond acceptors (Lipinski definition) is 4. The lowest BCUT2D eigenvalue weighted by atomic mass is 10.3. The Bertz CT molecular complexity index is 590. The molecular weight excluding hydrogens is 242 g/mol. The van der Waals surface area contributed by atoms with Crippen molar-refractivity contribution >= 4 is 5.69 Å². The smallest absolute Gasteiger partial charge is 0.250 e. The van der Waals surface area contributed by atoms with Gasteiger partial charge in [-0.25, -0.2) is 4.98 Å². The lowest BCUT2D eigenvalue weighted by Gasteiger charge is -2.09. The van der Waals surface area contributed by atoms with E-state index in [4.69, 9.17) is 4.74 Å². The van der Waals surface area contributed by atoms with Crippen molar-refractivity contribution in [2.75, 3.05) is 12.4 Å². The minimum atomic E-state index is 0.0131. The minimum absolute atomic E-state index is 0.0131. The fraction of sp³-hybridized carbons (Fsp3) is 0.286. The number of methoxy groups -OCH3 is 1. The van der Waals surface area contributed by atoms with Crippen LogP contribution in [0, 0.1) is 0 Å². The molecule has 1 N–H and O–H groups in total. The third-order valence-corrected chi connectivity index (χ3v) is 2.83. The summed E-state index contributed by atoms with van der Waals surface area (Å²) in [5, 5.41) is 3.26. The summed E-state index contributed by atoms with van der Waals surface area (Å²) in [4.78, 5) is 15.6. The Morgan fingerprint density at radius 2 is 2.16 bits per heavy atom. The number of anilines is 1. The first-order valence-corrected chi connectivity index (χ1v) is 6.16. The van der Waals surface area contributed by atoms with E-state index in [-0.39, 0.29) is 5.56 Å². The molecule has 0 aliphatic rings. The van der Waals surface area contributed by atoms with E-state index in [2.05, 4.69) is 10.3 Å². The predicted octanol–water partition coefficient (Wildman–Crippen LogP) is 1.88. The van der Waals surface area contributed by atoms with Crippen LogP contribution in [0.15, 0.2) is 41.5 Å². The Morgan fingerprint density at radius 3 is 2.79 bits per heavy atom. The molecular formula is C14H17N3O2. The van der Waals surface area contributed by atoms with E-state index in [1.54, 1.807) is 30.0 Å². The quantitative estimate of drug-likeness (QED) is 0.890. The molecule has 0 fully saturated rings. The molecule has 0 spiro atoms. The summed E-state index contributed by atoms with van der Waals surface area (Å²) in [6.45, 7) is 3.26. The van der Waals surface area contributed by atoms with Crippen molar-refractivity contribution in [1.29, 1.82) is 0 Å². The highest BCUT2D eigenvalue weighted by Gasteiger charge is 1.98. The topological polar surface area (TPSA) is 56.1 Å². The predicted molar refractivity (Wildman–Crippen MR) is 74.5 cm³/mol. The van der Waals surface area contributed by atoms with E-state index >= 15 is 0 Å². The van der Waals surface area contributed by atoms with Gasteiger partial charge in [-0.3, -0.25) is 4.79 Å². The molecule has 100 valence electrons. The van der Waals surface area contributed by atoms with Gasteiger partial charge in [-0.15, -0.1) is 0 Å². The average molecular weight is 259 g/mol. The van der Waals surface area contributed by atoms with Gasteiger partial charge in [-0.2, -0.15) is 0 Å². The fourth-order valence-electron chi connectivity index (χ4n) is 1.72. The molecule has 0 saturated heterocycles. The van der Waals surface area contributed by atoms with Gasteiger partial charge in [0.25, 0.3) is 5.56 Å². The molecule has 0 aliphatic carbocycles. The second kappa shape index (κ2) is 6.04. The van der Waals surface area contributed by atoms with E-state index < -0.39 is 0 Å². The van der Waals surface area contributed by atoms with E-state index in [9.17, 15) is 4.79 Å².